The van der Waals surface area contributed by atoms with Crippen LogP contribution in [0, 0.1) is 5.92 Å². The van der Waals surface area contributed by atoms with Gasteiger partial charge in [0.2, 0.25) is 0 Å². The molecule has 1 aliphatic carbocycles. The van der Waals surface area contributed by atoms with E-state index in [-0.39, 0.29) is 11.2 Å². The van der Waals surface area contributed by atoms with E-state index in [1.165, 1.54) is 11.8 Å². The zero-order chi connectivity index (χ0) is 11.5. The van der Waals surface area contributed by atoms with E-state index in [0.29, 0.717) is 5.02 Å². The SMILES string of the molecule is O=C(O)C1CCCC1Sc1ncccc1Cl. The Bertz CT molecular complexity index is 399. The number of aliphatic carboxylic acids is 1. The summed E-state index contributed by atoms with van der Waals surface area (Å²) in [7, 11) is 0. The summed E-state index contributed by atoms with van der Waals surface area (Å²) in [6, 6.07) is 3.55. The lowest BCUT2D eigenvalue weighted by Crippen LogP contribution is -2.20. The van der Waals surface area contributed by atoms with Gasteiger partial charge in [-0.15, -0.1) is 11.8 Å². The zero-order valence-corrected chi connectivity index (χ0v) is 10.2. The van der Waals surface area contributed by atoms with E-state index in [2.05, 4.69) is 4.98 Å². The number of carboxylic acid groups (broad SMARTS) is 1. The molecule has 0 spiro atoms. The second-order valence-electron chi connectivity index (χ2n) is 3.82. The molecule has 0 saturated heterocycles. The highest BCUT2D eigenvalue weighted by Gasteiger charge is 2.34. The molecule has 2 rings (SSSR count). The molecule has 2 unspecified atom stereocenters. The Morgan fingerprint density at radius 2 is 2.38 bits per heavy atom. The number of nitrogens with zero attached hydrogens (tertiary/aromatic N) is 1. The number of aromatic nitrogens is 1. The number of halogens is 1. The molecule has 5 heteroatoms. The van der Waals surface area contributed by atoms with E-state index in [0.717, 1.165) is 24.3 Å². The van der Waals surface area contributed by atoms with Gasteiger partial charge in [-0.1, -0.05) is 18.0 Å². The van der Waals surface area contributed by atoms with Crippen LogP contribution in [-0.4, -0.2) is 21.3 Å². The fourth-order valence-corrected chi connectivity index (χ4v) is 3.50. The molecule has 0 amide bonds. The van der Waals surface area contributed by atoms with Gasteiger partial charge >= 0.3 is 5.97 Å². The van der Waals surface area contributed by atoms with Gasteiger partial charge in [0.05, 0.1) is 10.9 Å². The van der Waals surface area contributed by atoms with Crippen LogP contribution in [0.25, 0.3) is 0 Å². The summed E-state index contributed by atoms with van der Waals surface area (Å²) in [5.41, 5.74) is 0. The molecule has 1 fully saturated rings. The van der Waals surface area contributed by atoms with Crippen LogP contribution in [0.2, 0.25) is 5.02 Å². The summed E-state index contributed by atoms with van der Waals surface area (Å²) in [5, 5.41) is 10.5. The van der Waals surface area contributed by atoms with Crippen LogP contribution in [0.3, 0.4) is 0 Å². The second-order valence-corrected chi connectivity index (χ2v) is 5.46. The van der Waals surface area contributed by atoms with E-state index in [4.69, 9.17) is 16.7 Å². The Morgan fingerprint density at radius 1 is 1.56 bits per heavy atom. The molecule has 2 atom stereocenters. The highest BCUT2D eigenvalue weighted by molar-refractivity contribution is 8.00. The number of pyridine rings is 1. The molecule has 3 nitrogen and oxygen atoms in total. The summed E-state index contributed by atoms with van der Waals surface area (Å²) in [6.07, 6.45) is 4.34. The summed E-state index contributed by atoms with van der Waals surface area (Å²) in [6.45, 7) is 0. The highest BCUT2D eigenvalue weighted by atomic mass is 35.5. The minimum atomic E-state index is -0.706. The van der Waals surface area contributed by atoms with Gasteiger partial charge in [0, 0.05) is 11.4 Å². The number of carbonyl (C=O) groups is 1. The number of carboxylic acids is 1. The molecule has 1 aliphatic rings. The smallest absolute Gasteiger partial charge is 0.307 e. The first kappa shape index (κ1) is 11.7. The summed E-state index contributed by atoms with van der Waals surface area (Å²) in [4.78, 5) is 15.2. The minimum absolute atomic E-state index is 0.102. The molecule has 0 bridgehead atoms. The van der Waals surface area contributed by atoms with Gasteiger partial charge in [-0.3, -0.25) is 4.79 Å². The Labute approximate surface area is 103 Å². The molecule has 0 radical (unpaired) electrons. The van der Waals surface area contributed by atoms with Crippen LogP contribution < -0.4 is 0 Å². The van der Waals surface area contributed by atoms with Gasteiger partial charge in [0.15, 0.2) is 0 Å². The minimum Gasteiger partial charge on any atom is -0.481 e. The maximum absolute atomic E-state index is 11.0. The molecule has 1 aromatic heterocycles. The third-order valence-electron chi connectivity index (χ3n) is 2.76. The van der Waals surface area contributed by atoms with E-state index in [1.54, 1.807) is 18.3 Å². The van der Waals surface area contributed by atoms with Crippen molar-refractivity contribution in [2.45, 2.75) is 29.5 Å². The summed E-state index contributed by atoms with van der Waals surface area (Å²) < 4.78 is 0. The maximum Gasteiger partial charge on any atom is 0.307 e. The molecule has 86 valence electrons. The molecule has 1 N–H and O–H groups in total. The van der Waals surface area contributed by atoms with Gasteiger partial charge in [-0.25, -0.2) is 4.98 Å². The Balaban J connectivity index is 2.10. The molecular formula is C11H12ClNO2S. The largest absolute Gasteiger partial charge is 0.481 e. The number of thioether (sulfide) groups is 1. The van der Waals surface area contributed by atoms with Gasteiger partial charge < -0.3 is 5.11 Å². The number of hydrogen-bond donors (Lipinski definition) is 1. The third-order valence-corrected chi connectivity index (χ3v) is 4.59. The summed E-state index contributed by atoms with van der Waals surface area (Å²) in [5.74, 6) is -0.967. The van der Waals surface area contributed by atoms with Crippen LogP contribution in [-0.2, 0) is 4.79 Å². The van der Waals surface area contributed by atoms with Crippen molar-refractivity contribution < 1.29 is 9.90 Å². The van der Waals surface area contributed by atoms with E-state index < -0.39 is 5.97 Å². The summed E-state index contributed by atoms with van der Waals surface area (Å²) >= 11 is 7.49. The van der Waals surface area contributed by atoms with E-state index in [9.17, 15) is 4.79 Å². The fraction of sp³-hybridized carbons (Fsp3) is 0.455. The molecular weight excluding hydrogens is 246 g/mol. The molecule has 0 aromatic carbocycles. The molecule has 1 heterocycles. The topological polar surface area (TPSA) is 50.2 Å². The van der Waals surface area contributed by atoms with Crippen molar-refractivity contribution in [3.05, 3.63) is 23.4 Å². The number of hydrogen-bond acceptors (Lipinski definition) is 3. The predicted molar refractivity (Wildman–Crippen MR) is 63.9 cm³/mol. The van der Waals surface area contributed by atoms with Crippen LogP contribution in [0.4, 0.5) is 0 Å². The Kier molecular flexibility index (Phi) is 3.71. The van der Waals surface area contributed by atoms with E-state index in [1.807, 2.05) is 0 Å². The van der Waals surface area contributed by atoms with Gasteiger partial charge in [-0.05, 0) is 25.0 Å². The monoisotopic (exact) mass is 257 g/mol. The predicted octanol–water partition coefficient (Wildman–Crippen LogP) is 3.08. The van der Waals surface area contributed by atoms with Gasteiger partial charge in [0.1, 0.15) is 5.03 Å². The van der Waals surface area contributed by atoms with Crippen molar-refractivity contribution in [2.24, 2.45) is 5.92 Å². The average Bonchev–Trinajstić information content (AvgIpc) is 2.69. The van der Waals surface area contributed by atoms with Crippen molar-refractivity contribution in [1.82, 2.24) is 4.98 Å². The fourth-order valence-electron chi connectivity index (χ4n) is 1.95. The first-order valence-electron chi connectivity index (χ1n) is 5.18. The first-order valence-corrected chi connectivity index (χ1v) is 6.44. The van der Waals surface area contributed by atoms with Crippen LogP contribution in [0.5, 0.6) is 0 Å². The normalized spacial score (nSPS) is 24.6. The van der Waals surface area contributed by atoms with Crippen LogP contribution in [0.1, 0.15) is 19.3 Å². The van der Waals surface area contributed by atoms with Gasteiger partial charge in [0.25, 0.3) is 0 Å². The Morgan fingerprint density at radius 3 is 3.06 bits per heavy atom. The van der Waals surface area contributed by atoms with Crippen molar-refractivity contribution >= 4 is 29.3 Å². The maximum atomic E-state index is 11.0. The quantitative estimate of drug-likeness (QED) is 0.904. The lowest BCUT2D eigenvalue weighted by Gasteiger charge is -2.14. The molecule has 1 aromatic rings. The lowest BCUT2D eigenvalue weighted by atomic mass is 10.1. The lowest BCUT2D eigenvalue weighted by molar-refractivity contribution is -0.141. The second kappa shape index (κ2) is 5.06. The molecule has 1 saturated carbocycles. The number of rotatable bonds is 3. The van der Waals surface area contributed by atoms with Crippen molar-refractivity contribution in [3.63, 3.8) is 0 Å². The van der Waals surface area contributed by atoms with Crippen LogP contribution >= 0.6 is 23.4 Å². The standard InChI is InChI=1S/C11H12ClNO2S/c12-8-4-2-6-13-10(8)16-9-5-1-3-7(9)11(14)15/h2,4,6-7,9H,1,3,5H2,(H,14,15). The first-order chi connectivity index (χ1) is 7.68. The van der Waals surface area contributed by atoms with Crippen LogP contribution in [0.15, 0.2) is 23.4 Å². The molecule has 16 heavy (non-hydrogen) atoms. The average molecular weight is 258 g/mol. The van der Waals surface area contributed by atoms with Crippen molar-refractivity contribution in [1.29, 1.82) is 0 Å². The molecule has 0 aliphatic heterocycles. The zero-order valence-electron chi connectivity index (χ0n) is 8.60. The highest BCUT2D eigenvalue weighted by Crippen LogP contribution is 2.40. The third kappa shape index (κ3) is 2.50. The van der Waals surface area contributed by atoms with E-state index >= 15 is 0 Å². The Hall–Kier alpha value is -0.740. The van der Waals surface area contributed by atoms with Crippen molar-refractivity contribution in [2.75, 3.05) is 0 Å². The van der Waals surface area contributed by atoms with Gasteiger partial charge in [-0.2, -0.15) is 0 Å². The van der Waals surface area contributed by atoms with Crippen molar-refractivity contribution in [3.8, 4) is 0 Å².